The van der Waals surface area contributed by atoms with Crippen molar-refractivity contribution in [2.45, 2.75) is 13.3 Å². The van der Waals surface area contributed by atoms with E-state index in [1.54, 1.807) is 6.92 Å². The van der Waals surface area contributed by atoms with E-state index in [9.17, 15) is 9.18 Å². The monoisotopic (exact) mass is 162 g/mol. The molecule has 0 aromatic rings. The molecule has 0 aromatic carbocycles. The van der Waals surface area contributed by atoms with Crippen LogP contribution in [0, 0.1) is 0 Å². The highest BCUT2D eigenvalue weighted by atomic mass is 19.1. The van der Waals surface area contributed by atoms with E-state index in [0.29, 0.717) is 6.26 Å². The number of halogens is 1. The topological polar surface area (TPSA) is 46.5 Å². The second kappa shape index (κ2) is 5.70. The van der Waals surface area contributed by atoms with Crippen molar-refractivity contribution >= 4 is 5.97 Å². The molecule has 0 radical (unpaired) electrons. The highest BCUT2D eigenvalue weighted by Gasteiger charge is 2.09. The van der Waals surface area contributed by atoms with E-state index in [4.69, 9.17) is 5.11 Å². The smallest absolute Gasteiger partial charge is 0.337 e. The molecule has 4 heteroatoms. The lowest BCUT2D eigenvalue weighted by molar-refractivity contribution is -0.138. The molecule has 0 spiro atoms. The van der Waals surface area contributed by atoms with Crippen molar-refractivity contribution in [1.29, 1.82) is 0 Å². The number of hydrogen-bond acceptors (Lipinski definition) is 3. The second-order valence-electron chi connectivity index (χ2n) is 1.81. The summed E-state index contributed by atoms with van der Waals surface area (Å²) in [5, 5.41) is 8.42. The Morgan fingerprint density at radius 2 is 2.36 bits per heavy atom. The van der Waals surface area contributed by atoms with Gasteiger partial charge in [-0.1, -0.05) is 0 Å². The fourth-order valence-corrected chi connectivity index (χ4v) is 0.545. The van der Waals surface area contributed by atoms with Crippen LogP contribution >= 0.6 is 0 Å². The number of ether oxygens (including phenoxy) is 1. The number of aliphatic hydroxyl groups excluding tert-OH is 1. The van der Waals surface area contributed by atoms with Gasteiger partial charge in [0, 0.05) is 6.42 Å². The lowest BCUT2D eigenvalue weighted by Crippen LogP contribution is -2.08. The van der Waals surface area contributed by atoms with E-state index < -0.39 is 12.6 Å². The fourth-order valence-electron chi connectivity index (χ4n) is 0.545. The van der Waals surface area contributed by atoms with Crippen LogP contribution in [0.3, 0.4) is 0 Å². The van der Waals surface area contributed by atoms with Crippen LogP contribution < -0.4 is 0 Å². The van der Waals surface area contributed by atoms with Gasteiger partial charge < -0.3 is 9.84 Å². The van der Waals surface area contributed by atoms with Crippen molar-refractivity contribution in [3.05, 3.63) is 11.8 Å². The minimum Gasteiger partial charge on any atom is -0.515 e. The molecule has 0 aliphatic rings. The van der Waals surface area contributed by atoms with Gasteiger partial charge in [-0.05, 0) is 6.92 Å². The second-order valence-corrected chi connectivity index (χ2v) is 1.81. The highest BCUT2D eigenvalue weighted by Crippen LogP contribution is 2.02. The number of rotatable bonds is 4. The summed E-state index contributed by atoms with van der Waals surface area (Å²) in [4.78, 5) is 10.7. The molecule has 3 nitrogen and oxygen atoms in total. The number of alkyl halides is 1. The van der Waals surface area contributed by atoms with Gasteiger partial charge in [-0.2, -0.15) is 0 Å². The maximum Gasteiger partial charge on any atom is 0.337 e. The minimum atomic E-state index is -0.675. The Morgan fingerprint density at radius 3 is 2.73 bits per heavy atom. The van der Waals surface area contributed by atoms with E-state index in [-0.39, 0.29) is 18.6 Å². The number of hydrogen-bond donors (Lipinski definition) is 1. The van der Waals surface area contributed by atoms with Gasteiger partial charge in [-0.25, -0.2) is 4.79 Å². The van der Waals surface area contributed by atoms with E-state index in [1.807, 2.05) is 0 Å². The molecule has 0 aliphatic carbocycles. The first-order valence-corrected chi connectivity index (χ1v) is 3.32. The van der Waals surface area contributed by atoms with Gasteiger partial charge in [0.2, 0.25) is 0 Å². The van der Waals surface area contributed by atoms with Gasteiger partial charge in [0.1, 0.15) is 0 Å². The summed E-state index contributed by atoms with van der Waals surface area (Å²) in [6.07, 6.45) is 0.479. The number of aliphatic hydroxyl groups is 1. The Labute approximate surface area is 64.5 Å². The van der Waals surface area contributed by atoms with Crippen LogP contribution in [0.2, 0.25) is 0 Å². The largest absolute Gasteiger partial charge is 0.515 e. The van der Waals surface area contributed by atoms with Crippen LogP contribution in [0.1, 0.15) is 13.3 Å². The summed E-state index contributed by atoms with van der Waals surface area (Å²) >= 11 is 0. The molecule has 0 saturated heterocycles. The number of esters is 1. The zero-order valence-corrected chi connectivity index (χ0v) is 6.34. The fraction of sp³-hybridized carbons (Fsp3) is 0.571. The highest BCUT2D eigenvalue weighted by molar-refractivity contribution is 5.88. The van der Waals surface area contributed by atoms with E-state index in [0.717, 1.165) is 0 Å². The van der Waals surface area contributed by atoms with Crippen molar-refractivity contribution in [2.24, 2.45) is 0 Å². The summed E-state index contributed by atoms with van der Waals surface area (Å²) in [6, 6.07) is 0. The third-order valence-electron chi connectivity index (χ3n) is 1.06. The zero-order chi connectivity index (χ0) is 8.69. The van der Waals surface area contributed by atoms with Crippen LogP contribution in [0.15, 0.2) is 11.8 Å². The van der Waals surface area contributed by atoms with Crippen molar-refractivity contribution < 1.29 is 19.0 Å². The lowest BCUT2D eigenvalue weighted by atomic mass is 10.2. The van der Waals surface area contributed by atoms with Gasteiger partial charge in [0.15, 0.2) is 0 Å². The van der Waals surface area contributed by atoms with Crippen LogP contribution in [0.4, 0.5) is 4.39 Å². The molecule has 0 rings (SSSR count). The van der Waals surface area contributed by atoms with E-state index >= 15 is 0 Å². The molecule has 1 N–H and O–H groups in total. The Morgan fingerprint density at radius 1 is 1.73 bits per heavy atom. The maximum atomic E-state index is 11.7. The first-order chi connectivity index (χ1) is 5.26. The molecule has 0 unspecified atom stereocenters. The molecule has 64 valence electrons. The average molecular weight is 162 g/mol. The van der Waals surface area contributed by atoms with Gasteiger partial charge in [-0.15, -0.1) is 0 Å². The SMILES string of the molecule is CCOC(=O)/C(=C\O)CCF. The van der Waals surface area contributed by atoms with Crippen LogP contribution in [0.25, 0.3) is 0 Å². The predicted octanol–water partition coefficient (Wildman–Crippen LogP) is 1.35. The maximum absolute atomic E-state index is 11.7. The van der Waals surface area contributed by atoms with E-state index in [2.05, 4.69) is 4.74 Å². The van der Waals surface area contributed by atoms with Gasteiger partial charge in [-0.3, -0.25) is 4.39 Å². The van der Waals surface area contributed by atoms with Gasteiger partial charge in [0.25, 0.3) is 0 Å². The summed E-state index contributed by atoms with van der Waals surface area (Å²) < 4.78 is 16.2. The molecule has 0 bridgehead atoms. The van der Waals surface area contributed by atoms with Crippen LogP contribution in [0.5, 0.6) is 0 Å². The standard InChI is InChI=1S/C7H11FO3/c1-2-11-7(10)6(5-9)3-4-8/h5,9H,2-4H2,1H3/b6-5-. The lowest BCUT2D eigenvalue weighted by Gasteiger charge is -2.01. The zero-order valence-electron chi connectivity index (χ0n) is 6.34. The first kappa shape index (κ1) is 9.94. The molecular formula is C7H11FO3. The summed E-state index contributed by atoms with van der Waals surface area (Å²) in [5.74, 6) is -0.660. The summed E-state index contributed by atoms with van der Waals surface area (Å²) in [7, 11) is 0. The molecule has 0 aromatic heterocycles. The van der Waals surface area contributed by atoms with Crippen LogP contribution in [-0.4, -0.2) is 24.4 Å². The third kappa shape index (κ3) is 3.60. The average Bonchev–Trinajstić information content (AvgIpc) is 2.00. The Hall–Kier alpha value is -1.06. The molecule has 0 heterocycles. The Bertz CT molecular complexity index is 154. The van der Waals surface area contributed by atoms with Gasteiger partial charge >= 0.3 is 5.97 Å². The number of carbonyl (C=O) groups is 1. The van der Waals surface area contributed by atoms with E-state index in [1.165, 1.54) is 0 Å². The summed E-state index contributed by atoms with van der Waals surface area (Å²) in [5.41, 5.74) is -0.0330. The molecule has 11 heavy (non-hydrogen) atoms. The minimum absolute atomic E-state index is 0.0330. The quantitative estimate of drug-likeness (QED) is 0.385. The first-order valence-electron chi connectivity index (χ1n) is 3.32. The van der Waals surface area contributed by atoms with Crippen LogP contribution in [-0.2, 0) is 9.53 Å². The van der Waals surface area contributed by atoms with Crippen molar-refractivity contribution in [2.75, 3.05) is 13.3 Å². The Kier molecular flexibility index (Phi) is 5.15. The molecule has 0 aliphatic heterocycles. The third-order valence-corrected chi connectivity index (χ3v) is 1.06. The molecular weight excluding hydrogens is 151 g/mol. The van der Waals surface area contributed by atoms with Crippen molar-refractivity contribution in [1.82, 2.24) is 0 Å². The molecule has 0 amide bonds. The van der Waals surface area contributed by atoms with Gasteiger partial charge in [0.05, 0.1) is 25.1 Å². The van der Waals surface area contributed by atoms with Crippen molar-refractivity contribution in [3.8, 4) is 0 Å². The number of carbonyl (C=O) groups excluding carboxylic acids is 1. The molecule has 0 fully saturated rings. The normalized spacial score (nSPS) is 11.3. The molecule has 0 atom stereocenters. The molecule has 0 saturated carbocycles. The Balaban J connectivity index is 3.94. The van der Waals surface area contributed by atoms with Crippen molar-refractivity contribution in [3.63, 3.8) is 0 Å². The summed E-state index contributed by atoms with van der Waals surface area (Å²) in [6.45, 7) is 1.19. The predicted molar refractivity (Wildman–Crippen MR) is 37.9 cm³/mol.